The van der Waals surface area contributed by atoms with Crippen molar-refractivity contribution >= 4 is 22.9 Å². The molecule has 1 N–H and O–H groups in total. The van der Waals surface area contributed by atoms with Crippen molar-refractivity contribution in [2.75, 3.05) is 5.32 Å². The van der Waals surface area contributed by atoms with Crippen molar-refractivity contribution in [1.82, 2.24) is 19.1 Å². The van der Waals surface area contributed by atoms with Crippen LogP contribution in [0.5, 0.6) is 0 Å². The van der Waals surface area contributed by atoms with Crippen LogP contribution in [0.4, 0.5) is 10.3 Å². The molecule has 0 aliphatic carbocycles. The molecule has 0 saturated heterocycles. The van der Waals surface area contributed by atoms with Gasteiger partial charge in [-0.15, -0.1) is 0 Å². The number of hydrogen-bond acceptors (Lipinski definition) is 3. The van der Waals surface area contributed by atoms with Gasteiger partial charge in [-0.05, 0) is 42.8 Å². The first kappa shape index (κ1) is 17.0. The summed E-state index contributed by atoms with van der Waals surface area (Å²) in [5, 5.41) is 2.89. The van der Waals surface area contributed by atoms with Crippen LogP contribution in [0.1, 0.15) is 23.8 Å². The number of imidazole rings is 2. The second-order valence-electron chi connectivity index (χ2n) is 6.16. The van der Waals surface area contributed by atoms with Crippen LogP contribution in [-0.2, 0) is 6.54 Å². The first-order valence-electron chi connectivity index (χ1n) is 8.72. The van der Waals surface area contributed by atoms with Crippen molar-refractivity contribution in [3.63, 3.8) is 0 Å². The van der Waals surface area contributed by atoms with Crippen LogP contribution in [0, 0.1) is 5.82 Å². The summed E-state index contributed by atoms with van der Waals surface area (Å²) in [4.78, 5) is 21.5. The second kappa shape index (κ2) is 7.03. The van der Waals surface area contributed by atoms with Gasteiger partial charge in [-0.25, -0.2) is 14.4 Å². The Labute approximate surface area is 155 Å². The fourth-order valence-corrected chi connectivity index (χ4v) is 3.06. The van der Waals surface area contributed by atoms with E-state index in [1.165, 1.54) is 24.7 Å². The third-order valence-electron chi connectivity index (χ3n) is 4.30. The Morgan fingerprint density at radius 2 is 1.93 bits per heavy atom. The van der Waals surface area contributed by atoms with E-state index in [9.17, 15) is 9.18 Å². The Morgan fingerprint density at radius 1 is 1.15 bits per heavy atom. The highest BCUT2D eigenvalue weighted by Gasteiger charge is 2.17. The Bertz CT molecular complexity index is 1100. The summed E-state index contributed by atoms with van der Waals surface area (Å²) in [6, 6.07) is 13.7. The topological polar surface area (TPSA) is 64.7 Å². The maximum absolute atomic E-state index is 13.2. The molecule has 0 bridgehead atoms. The zero-order valence-electron chi connectivity index (χ0n) is 14.8. The van der Waals surface area contributed by atoms with Gasteiger partial charge < -0.3 is 4.57 Å². The van der Waals surface area contributed by atoms with E-state index in [4.69, 9.17) is 0 Å². The van der Waals surface area contributed by atoms with Crippen molar-refractivity contribution in [3.8, 4) is 5.69 Å². The molecule has 0 saturated carbocycles. The average molecular weight is 363 g/mol. The lowest BCUT2D eigenvalue weighted by molar-refractivity contribution is 0.101. The van der Waals surface area contributed by atoms with Gasteiger partial charge >= 0.3 is 0 Å². The molecule has 6 nitrogen and oxygen atoms in total. The van der Waals surface area contributed by atoms with E-state index in [-0.39, 0.29) is 11.7 Å². The Morgan fingerprint density at radius 3 is 2.70 bits per heavy atom. The van der Waals surface area contributed by atoms with Crippen molar-refractivity contribution < 1.29 is 9.18 Å². The van der Waals surface area contributed by atoms with Crippen LogP contribution >= 0.6 is 0 Å². The van der Waals surface area contributed by atoms with Crippen molar-refractivity contribution in [1.29, 1.82) is 0 Å². The van der Waals surface area contributed by atoms with E-state index in [1.54, 1.807) is 16.7 Å². The summed E-state index contributed by atoms with van der Waals surface area (Å²) < 4.78 is 16.8. The number of benzene rings is 2. The number of halogens is 1. The summed E-state index contributed by atoms with van der Waals surface area (Å²) >= 11 is 0. The Balaban J connectivity index is 1.68. The standard InChI is InChI=1S/C20H18FN5O/c1-2-11-25-17-6-4-3-5-16(17)23-20(25)24-19(27)18-12-22-13-26(18)15-9-7-14(21)8-10-15/h3-10,12-13H,2,11H2,1H3,(H,23,24,27). The van der Waals surface area contributed by atoms with Crippen LogP contribution < -0.4 is 5.32 Å². The van der Waals surface area contributed by atoms with E-state index >= 15 is 0 Å². The SMILES string of the molecule is CCCn1c(NC(=O)c2cncn2-c2ccc(F)cc2)nc2ccccc21. The number of anilines is 1. The molecule has 0 unspecified atom stereocenters. The van der Waals surface area contributed by atoms with Gasteiger partial charge in [0.05, 0.1) is 23.6 Å². The number of rotatable bonds is 5. The summed E-state index contributed by atoms with van der Waals surface area (Å²) in [6.45, 7) is 2.82. The van der Waals surface area contributed by atoms with Gasteiger partial charge in [0.1, 0.15) is 11.5 Å². The average Bonchev–Trinajstić information content (AvgIpc) is 3.28. The third kappa shape index (κ3) is 3.19. The predicted octanol–water partition coefficient (Wildman–Crippen LogP) is 4.02. The maximum atomic E-state index is 13.2. The molecule has 0 spiro atoms. The highest BCUT2D eigenvalue weighted by atomic mass is 19.1. The number of carbonyl (C=O) groups excluding carboxylic acids is 1. The number of aromatic nitrogens is 4. The Kier molecular flexibility index (Phi) is 4.42. The molecule has 7 heteroatoms. The Hall–Kier alpha value is -3.48. The van der Waals surface area contributed by atoms with Gasteiger partial charge in [-0.3, -0.25) is 14.7 Å². The molecular formula is C20H18FN5O. The molecule has 4 rings (SSSR count). The zero-order chi connectivity index (χ0) is 18.8. The van der Waals surface area contributed by atoms with Crippen molar-refractivity contribution in [2.24, 2.45) is 0 Å². The number of fused-ring (bicyclic) bond motifs is 1. The van der Waals surface area contributed by atoms with Crippen LogP contribution in [0.3, 0.4) is 0 Å². The summed E-state index contributed by atoms with van der Waals surface area (Å²) in [7, 11) is 0. The number of nitrogens with zero attached hydrogens (tertiary/aromatic N) is 4. The highest BCUT2D eigenvalue weighted by Crippen LogP contribution is 2.21. The third-order valence-corrected chi connectivity index (χ3v) is 4.30. The molecule has 0 aliphatic heterocycles. The molecule has 2 heterocycles. The predicted molar refractivity (Wildman–Crippen MR) is 101 cm³/mol. The first-order valence-corrected chi connectivity index (χ1v) is 8.72. The highest BCUT2D eigenvalue weighted by molar-refractivity contribution is 6.03. The lowest BCUT2D eigenvalue weighted by atomic mass is 10.3. The molecule has 2 aromatic carbocycles. The summed E-state index contributed by atoms with van der Waals surface area (Å²) in [5.41, 5.74) is 2.80. The van der Waals surface area contributed by atoms with Gasteiger partial charge in [0.2, 0.25) is 5.95 Å². The number of nitrogens with one attached hydrogen (secondary N) is 1. The van der Waals surface area contributed by atoms with Gasteiger partial charge in [0.15, 0.2) is 0 Å². The van der Waals surface area contributed by atoms with Gasteiger partial charge in [-0.2, -0.15) is 0 Å². The summed E-state index contributed by atoms with van der Waals surface area (Å²) in [5.74, 6) is -0.169. The molecule has 0 radical (unpaired) electrons. The lowest BCUT2D eigenvalue weighted by Crippen LogP contribution is -2.19. The van der Waals surface area contributed by atoms with Crippen LogP contribution in [-0.4, -0.2) is 25.0 Å². The largest absolute Gasteiger partial charge is 0.310 e. The first-order chi connectivity index (χ1) is 13.2. The van der Waals surface area contributed by atoms with Crippen LogP contribution in [0.2, 0.25) is 0 Å². The fourth-order valence-electron chi connectivity index (χ4n) is 3.06. The van der Waals surface area contributed by atoms with Crippen LogP contribution in [0.15, 0.2) is 61.1 Å². The monoisotopic (exact) mass is 363 g/mol. The molecule has 2 aromatic heterocycles. The van der Waals surface area contributed by atoms with E-state index < -0.39 is 0 Å². The van der Waals surface area contributed by atoms with Gasteiger partial charge in [-0.1, -0.05) is 19.1 Å². The van der Waals surface area contributed by atoms with E-state index in [0.717, 1.165) is 24.0 Å². The number of aryl methyl sites for hydroxylation is 1. The van der Waals surface area contributed by atoms with Crippen LogP contribution in [0.25, 0.3) is 16.7 Å². The second-order valence-corrected chi connectivity index (χ2v) is 6.16. The van der Waals surface area contributed by atoms with E-state index in [0.29, 0.717) is 17.3 Å². The zero-order valence-corrected chi connectivity index (χ0v) is 14.8. The smallest absolute Gasteiger partial charge is 0.276 e. The quantitative estimate of drug-likeness (QED) is 0.582. The number of carbonyl (C=O) groups is 1. The normalized spacial score (nSPS) is 11.0. The molecule has 0 fully saturated rings. The summed E-state index contributed by atoms with van der Waals surface area (Å²) in [6.07, 6.45) is 3.92. The molecule has 136 valence electrons. The van der Waals surface area contributed by atoms with Crippen molar-refractivity contribution in [2.45, 2.75) is 19.9 Å². The minimum atomic E-state index is -0.335. The molecule has 0 aliphatic rings. The minimum Gasteiger partial charge on any atom is -0.310 e. The molecule has 27 heavy (non-hydrogen) atoms. The molecule has 4 aromatic rings. The molecule has 0 atom stereocenters. The van der Waals surface area contributed by atoms with Gasteiger partial charge in [0, 0.05) is 12.2 Å². The molecular weight excluding hydrogens is 345 g/mol. The fraction of sp³-hybridized carbons (Fsp3) is 0.150. The number of amides is 1. The lowest BCUT2D eigenvalue weighted by Gasteiger charge is -2.10. The van der Waals surface area contributed by atoms with Crippen molar-refractivity contribution in [3.05, 3.63) is 72.6 Å². The van der Waals surface area contributed by atoms with E-state index in [1.807, 2.05) is 28.8 Å². The van der Waals surface area contributed by atoms with E-state index in [2.05, 4.69) is 22.2 Å². The molecule has 1 amide bonds. The minimum absolute atomic E-state index is 0.329. The number of para-hydroxylation sites is 2. The number of hydrogen-bond donors (Lipinski definition) is 1. The maximum Gasteiger partial charge on any atom is 0.276 e. The van der Waals surface area contributed by atoms with Gasteiger partial charge in [0.25, 0.3) is 5.91 Å².